The minimum Gasteiger partial charge on any atom is -0.301 e. The first-order valence-corrected chi connectivity index (χ1v) is 11.8. The molecule has 152 valence electrons. The van der Waals surface area contributed by atoms with E-state index in [1.54, 1.807) is 24.3 Å². The van der Waals surface area contributed by atoms with E-state index in [-0.39, 0.29) is 0 Å². The molecule has 1 N–H and O–H groups in total. The van der Waals surface area contributed by atoms with Crippen molar-refractivity contribution in [2.24, 2.45) is 5.92 Å². The molecule has 0 amide bonds. The maximum absolute atomic E-state index is 12.2. The van der Waals surface area contributed by atoms with Crippen molar-refractivity contribution in [3.8, 4) is 0 Å². The van der Waals surface area contributed by atoms with Gasteiger partial charge in [-0.2, -0.15) is 0 Å². The van der Waals surface area contributed by atoms with Crippen LogP contribution >= 0.6 is 0 Å². The molecule has 1 saturated heterocycles. The molecule has 0 aromatic heterocycles. The van der Waals surface area contributed by atoms with Gasteiger partial charge >= 0.3 is 0 Å². The molecule has 3 rings (SSSR count). The summed E-state index contributed by atoms with van der Waals surface area (Å²) >= 11 is 0. The number of nitrogens with zero attached hydrogens (tertiary/aromatic N) is 1. The fraction of sp³-hybridized carbons (Fsp3) is 0.478. The highest BCUT2D eigenvalue weighted by Crippen LogP contribution is 2.23. The summed E-state index contributed by atoms with van der Waals surface area (Å²) in [5.74, 6) is 0.776. The van der Waals surface area contributed by atoms with Crippen LogP contribution in [0, 0.1) is 5.92 Å². The Labute approximate surface area is 170 Å². The van der Waals surface area contributed by atoms with Crippen LogP contribution in [0.1, 0.15) is 37.8 Å². The van der Waals surface area contributed by atoms with Gasteiger partial charge in [0.2, 0.25) is 10.0 Å². The van der Waals surface area contributed by atoms with E-state index in [0.717, 1.165) is 17.9 Å². The second-order valence-electron chi connectivity index (χ2n) is 8.05. The van der Waals surface area contributed by atoms with E-state index in [9.17, 15) is 8.42 Å². The van der Waals surface area contributed by atoms with Gasteiger partial charge in [-0.15, -0.1) is 0 Å². The van der Waals surface area contributed by atoms with E-state index in [4.69, 9.17) is 0 Å². The molecule has 5 heteroatoms. The third-order valence-electron chi connectivity index (χ3n) is 5.69. The molecular formula is C23H32N2O2S. The summed E-state index contributed by atoms with van der Waals surface area (Å²) in [5.41, 5.74) is 2.55. The minimum absolute atomic E-state index is 0.314. The fourth-order valence-corrected chi connectivity index (χ4v) is 4.91. The fourth-order valence-electron chi connectivity index (χ4n) is 3.86. The van der Waals surface area contributed by atoms with E-state index >= 15 is 0 Å². The van der Waals surface area contributed by atoms with Crippen LogP contribution in [0.15, 0.2) is 59.5 Å². The Morgan fingerprint density at radius 3 is 2.18 bits per heavy atom. The summed E-state index contributed by atoms with van der Waals surface area (Å²) in [6.07, 6.45) is 4.40. The van der Waals surface area contributed by atoms with Gasteiger partial charge in [-0.1, -0.05) is 42.5 Å². The quantitative estimate of drug-likeness (QED) is 0.732. The van der Waals surface area contributed by atoms with Crippen LogP contribution in [0.5, 0.6) is 0 Å². The zero-order chi connectivity index (χ0) is 20.0. The van der Waals surface area contributed by atoms with Gasteiger partial charge in [0.15, 0.2) is 0 Å². The van der Waals surface area contributed by atoms with Gasteiger partial charge in [-0.3, -0.25) is 0 Å². The molecule has 2 aromatic rings. The second kappa shape index (κ2) is 9.68. The van der Waals surface area contributed by atoms with E-state index < -0.39 is 10.0 Å². The van der Waals surface area contributed by atoms with E-state index in [1.165, 1.54) is 31.5 Å². The molecule has 1 aliphatic heterocycles. The van der Waals surface area contributed by atoms with Gasteiger partial charge in [-0.05, 0) is 81.8 Å². The number of likely N-dealkylation sites (tertiary alicyclic amines) is 1. The minimum atomic E-state index is -3.42. The highest BCUT2D eigenvalue weighted by molar-refractivity contribution is 7.89. The van der Waals surface area contributed by atoms with Gasteiger partial charge in [0, 0.05) is 12.6 Å². The molecule has 0 aliphatic carbocycles. The Kier molecular flexibility index (Phi) is 7.27. The summed E-state index contributed by atoms with van der Waals surface area (Å²) < 4.78 is 27.2. The average molecular weight is 401 g/mol. The van der Waals surface area contributed by atoms with Crippen molar-refractivity contribution in [2.75, 3.05) is 19.6 Å². The van der Waals surface area contributed by atoms with E-state index in [1.807, 2.05) is 6.07 Å². The molecule has 2 aromatic carbocycles. The van der Waals surface area contributed by atoms with Crippen LogP contribution in [-0.2, 0) is 22.9 Å². The van der Waals surface area contributed by atoms with Crippen molar-refractivity contribution >= 4 is 10.0 Å². The lowest BCUT2D eigenvalue weighted by molar-refractivity contribution is 0.149. The van der Waals surface area contributed by atoms with Crippen molar-refractivity contribution in [3.05, 3.63) is 65.7 Å². The van der Waals surface area contributed by atoms with Crippen molar-refractivity contribution in [1.82, 2.24) is 9.62 Å². The molecule has 0 spiro atoms. The van der Waals surface area contributed by atoms with Crippen LogP contribution in [0.25, 0.3) is 0 Å². The zero-order valence-electron chi connectivity index (χ0n) is 17.0. The standard InChI is InChI=1S/C23H32N2O2S/c1-19(2)25-16-13-22(14-17-25)18-21-10-8-20(9-11-21)12-15-24-28(26,27)23-6-4-3-5-7-23/h3-11,19,22,24H,12-18H2,1-2H3. The van der Waals surface area contributed by atoms with Gasteiger partial charge in [0.1, 0.15) is 0 Å². The SMILES string of the molecule is CC(C)N1CCC(Cc2ccc(CCNS(=O)(=O)c3ccccc3)cc2)CC1. The molecule has 4 nitrogen and oxygen atoms in total. The van der Waals surface area contributed by atoms with Crippen LogP contribution in [0.2, 0.25) is 0 Å². The van der Waals surface area contributed by atoms with Crippen molar-refractivity contribution < 1.29 is 8.42 Å². The second-order valence-corrected chi connectivity index (χ2v) is 9.82. The number of hydrogen-bond donors (Lipinski definition) is 1. The topological polar surface area (TPSA) is 49.4 Å². The molecule has 0 atom stereocenters. The first kappa shape index (κ1) is 21.0. The molecule has 0 unspecified atom stereocenters. The summed E-state index contributed by atoms with van der Waals surface area (Å²) in [4.78, 5) is 2.88. The molecular weight excluding hydrogens is 368 g/mol. The highest BCUT2D eigenvalue weighted by atomic mass is 32.2. The Bertz CT molecular complexity index is 825. The largest absolute Gasteiger partial charge is 0.301 e. The maximum Gasteiger partial charge on any atom is 0.240 e. The van der Waals surface area contributed by atoms with Gasteiger partial charge in [0.25, 0.3) is 0 Å². The third-order valence-corrected chi connectivity index (χ3v) is 7.16. The zero-order valence-corrected chi connectivity index (χ0v) is 17.8. The van der Waals surface area contributed by atoms with Gasteiger partial charge < -0.3 is 4.90 Å². The number of nitrogens with one attached hydrogen (secondary N) is 1. The molecule has 0 bridgehead atoms. The van der Waals surface area contributed by atoms with Gasteiger partial charge in [-0.25, -0.2) is 13.1 Å². The Balaban J connectivity index is 1.45. The summed E-state index contributed by atoms with van der Waals surface area (Å²) in [6.45, 7) is 7.38. The lowest BCUT2D eigenvalue weighted by Crippen LogP contribution is -2.38. The summed E-state index contributed by atoms with van der Waals surface area (Å²) in [6, 6.07) is 17.8. The number of hydrogen-bond acceptors (Lipinski definition) is 3. The number of sulfonamides is 1. The van der Waals surface area contributed by atoms with Crippen LogP contribution < -0.4 is 4.72 Å². The number of piperidine rings is 1. The molecule has 28 heavy (non-hydrogen) atoms. The van der Waals surface area contributed by atoms with Crippen molar-refractivity contribution in [2.45, 2.75) is 50.5 Å². The number of benzene rings is 2. The lowest BCUT2D eigenvalue weighted by Gasteiger charge is -2.34. The molecule has 1 heterocycles. The van der Waals surface area contributed by atoms with E-state index in [0.29, 0.717) is 23.9 Å². The Hall–Kier alpha value is -1.69. The highest BCUT2D eigenvalue weighted by Gasteiger charge is 2.20. The van der Waals surface area contributed by atoms with Crippen LogP contribution in [0.4, 0.5) is 0 Å². The molecule has 0 radical (unpaired) electrons. The Morgan fingerprint density at radius 2 is 1.57 bits per heavy atom. The summed E-state index contributed by atoms with van der Waals surface area (Å²) in [7, 11) is -3.42. The average Bonchev–Trinajstić information content (AvgIpc) is 2.70. The monoisotopic (exact) mass is 400 g/mol. The predicted octanol–water partition coefficient (Wildman–Crippen LogP) is 3.87. The van der Waals surface area contributed by atoms with Crippen LogP contribution in [0.3, 0.4) is 0 Å². The molecule has 1 aliphatic rings. The predicted molar refractivity (Wildman–Crippen MR) is 115 cm³/mol. The van der Waals surface area contributed by atoms with Crippen molar-refractivity contribution in [3.63, 3.8) is 0 Å². The normalized spacial score (nSPS) is 16.5. The van der Waals surface area contributed by atoms with Crippen LogP contribution in [-0.4, -0.2) is 39.0 Å². The first-order chi connectivity index (χ1) is 13.4. The number of rotatable bonds is 8. The first-order valence-electron chi connectivity index (χ1n) is 10.3. The Morgan fingerprint density at radius 1 is 0.964 bits per heavy atom. The smallest absolute Gasteiger partial charge is 0.240 e. The summed E-state index contributed by atoms with van der Waals surface area (Å²) in [5, 5.41) is 0. The van der Waals surface area contributed by atoms with Crippen molar-refractivity contribution in [1.29, 1.82) is 0 Å². The molecule has 0 saturated carbocycles. The lowest BCUT2D eigenvalue weighted by atomic mass is 9.89. The third kappa shape index (κ3) is 5.90. The van der Waals surface area contributed by atoms with E-state index in [2.05, 4.69) is 47.7 Å². The van der Waals surface area contributed by atoms with Gasteiger partial charge in [0.05, 0.1) is 4.90 Å². The molecule has 1 fully saturated rings. The maximum atomic E-state index is 12.2.